The van der Waals surface area contributed by atoms with Gasteiger partial charge in [-0.15, -0.1) is 0 Å². The van der Waals surface area contributed by atoms with Gasteiger partial charge in [-0.05, 0) is 46.0 Å². The van der Waals surface area contributed by atoms with E-state index in [0.29, 0.717) is 12.6 Å². The van der Waals surface area contributed by atoms with Gasteiger partial charge in [-0.25, -0.2) is 9.37 Å². The van der Waals surface area contributed by atoms with Gasteiger partial charge in [-0.3, -0.25) is 0 Å². The number of hydrogen-bond donors (Lipinski definition) is 1. The van der Waals surface area contributed by atoms with Crippen LogP contribution >= 0.6 is 0 Å². The minimum absolute atomic E-state index is 0.254. The molecule has 1 fully saturated rings. The maximum absolute atomic E-state index is 13.5. The molecule has 0 saturated carbocycles. The summed E-state index contributed by atoms with van der Waals surface area (Å²) in [6.07, 6.45) is 4.77. The summed E-state index contributed by atoms with van der Waals surface area (Å²) in [6.45, 7) is 5.78. The molecule has 5 heteroatoms. The summed E-state index contributed by atoms with van der Waals surface area (Å²) in [5.41, 5.74) is 0.967. The van der Waals surface area contributed by atoms with Gasteiger partial charge in [0.1, 0.15) is 11.6 Å². The number of anilines is 1. The predicted octanol–water partition coefficient (Wildman–Crippen LogP) is 2.25. The number of aromatic nitrogens is 1. The second-order valence-corrected chi connectivity index (χ2v) is 6.06. The van der Waals surface area contributed by atoms with Crippen molar-refractivity contribution < 1.29 is 4.39 Å². The van der Waals surface area contributed by atoms with Crippen molar-refractivity contribution in [1.82, 2.24) is 15.2 Å². The standard InChI is InChI=1S/C16H27FN4/c1-4-7-18-10-13-9-14(17)11-19-16(13)21-8-5-6-15(21)12-20(2)3/h9,11,15,18H,4-8,10,12H2,1-3H3. The Morgan fingerprint density at radius 1 is 1.48 bits per heavy atom. The highest BCUT2D eigenvalue weighted by Crippen LogP contribution is 2.27. The molecule has 0 spiro atoms. The molecule has 1 aromatic heterocycles. The molecule has 1 N–H and O–H groups in total. The molecule has 0 bridgehead atoms. The zero-order valence-corrected chi connectivity index (χ0v) is 13.4. The molecule has 118 valence electrons. The Labute approximate surface area is 127 Å². The molecule has 1 unspecified atom stereocenters. The first-order valence-electron chi connectivity index (χ1n) is 7.88. The lowest BCUT2D eigenvalue weighted by Gasteiger charge is -2.29. The molecular weight excluding hydrogens is 267 g/mol. The lowest BCUT2D eigenvalue weighted by molar-refractivity contribution is 0.371. The van der Waals surface area contributed by atoms with E-state index in [0.717, 1.165) is 37.4 Å². The van der Waals surface area contributed by atoms with Crippen molar-refractivity contribution in [3.63, 3.8) is 0 Å². The van der Waals surface area contributed by atoms with Crippen LogP contribution in [0.4, 0.5) is 10.2 Å². The highest BCUT2D eigenvalue weighted by molar-refractivity contribution is 5.49. The Bertz CT molecular complexity index is 450. The number of nitrogens with zero attached hydrogens (tertiary/aromatic N) is 3. The molecule has 1 aliphatic heterocycles. The summed E-state index contributed by atoms with van der Waals surface area (Å²) in [7, 11) is 4.19. The molecule has 0 aromatic carbocycles. The molecule has 0 radical (unpaired) electrons. The van der Waals surface area contributed by atoms with Crippen molar-refractivity contribution in [3.05, 3.63) is 23.6 Å². The third kappa shape index (κ3) is 4.38. The van der Waals surface area contributed by atoms with Crippen LogP contribution < -0.4 is 10.2 Å². The van der Waals surface area contributed by atoms with E-state index >= 15 is 0 Å². The van der Waals surface area contributed by atoms with E-state index in [1.165, 1.54) is 19.0 Å². The summed E-state index contributed by atoms with van der Waals surface area (Å²) < 4.78 is 13.5. The molecule has 0 aliphatic carbocycles. The zero-order chi connectivity index (χ0) is 15.2. The van der Waals surface area contributed by atoms with E-state index in [4.69, 9.17) is 0 Å². The van der Waals surface area contributed by atoms with Crippen LogP contribution in [-0.4, -0.2) is 49.7 Å². The number of halogens is 1. The molecule has 4 nitrogen and oxygen atoms in total. The number of likely N-dealkylation sites (N-methyl/N-ethyl adjacent to an activating group) is 1. The summed E-state index contributed by atoms with van der Waals surface area (Å²) in [5, 5.41) is 3.35. The second-order valence-electron chi connectivity index (χ2n) is 6.06. The van der Waals surface area contributed by atoms with Gasteiger partial charge >= 0.3 is 0 Å². The minimum atomic E-state index is -0.254. The topological polar surface area (TPSA) is 31.4 Å². The van der Waals surface area contributed by atoms with E-state index in [1.807, 2.05) is 0 Å². The van der Waals surface area contributed by atoms with Crippen molar-refractivity contribution in [3.8, 4) is 0 Å². The van der Waals surface area contributed by atoms with Crippen LogP contribution in [0.2, 0.25) is 0 Å². The summed E-state index contributed by atoms with van der Waals surface area (Å²) in [5.74, 6) is 0.694. The maximum Gasteiger partial charge on any atom is 0.141 e. The summed E-state index contributed by atoms with van der Waals surface area (Å²) >= 11 is 0. The van der Waals surface area contributed by atoms with Crippen molar-refractivity contribution in [2.24, 2.45) is 0 Å². The molecule has 21 heavy (non-hydrogen) atoms. The van der Waals surface area contributed by atoms with Gasteiger partial charge in [-0.1, -0.05) is 6.92 Å². The quantitative estimate of drug-likeness (QED) is 0.782. The minimum Gasteiger partial charge on any atom is -0.352 e. The van der Waals surface area contributed by atoms with Crippen LogP contribution in [-0.2, 0) is 6.54 Å². The molecule has 0 amide bonds. The van der Waals surface area contributed by atoms with E-state index in [2.05, 4.69) is 41.1 Å². The van der Waals surface area contributed by atoms with Gasteiger partial charge in [0.05, 0.1) is 6.20 Å². The monoisotopic (exact) mass is 294 g/mol. The molecule has 1 aliphatic rings. The zero-order valence-electron chi connectivity index (χ0n) is 13.4. The normalized spacial score (nSPS) is 18.7. The fourth-order valence-electron chi connectivity index (χ4n) is 2.99. The highest BCUT2D eigenvalue weighted by atomic mass is 19.1. The van der Waals surface area contributed by atoms with Crippen LogP contribution in [0.25, 0.3) is 0 Å². The van der Waals surface area contributed by atoms with Crippen molar-refractivity contribution in [2.75, 3.05) is 38.6 Å². The van der Waals surface area contributed by atoms with Crippen molar-refractivity contribution >= 4 is 5.82 Å². The first-order valence-corrected chi connectivity index (χ1v) is 7.88. The Balaban J connectivity index is 2.16. The van der Waals surface area contributed by atoms with Crippen LogP contribution in [0.15, 0.2) is 12.3 Å². The fraction of sp³-hybridized carbons (Fsp3) is 0.688. The van der Waals surface area contributed by atoms with Gasteiger partial charge in [0.25, 0.3) is 0 Å². The first-order chi connectivity index (χ1) is 10.1. The van der Waals surface area contributed by atoms with Gasteiger partial charge in [0.2, 0.25) is 0 Å². The van der Waals surface area contributed by atoms with Crippen LogP contribution in [0.3, 0.4) is 0 Å². The molecule has 2 heterocycles. The van der Waals surface area contributed by atoms with Gasteiger partial charge in [-0.2, -0.15) is 0 Å². The smallest absolute Gasteiger partial charge is 0.141 e. The van der Waals surface area contributed by atoms with Crippen molar-refractivity contribution in [2.45, 2.75) is 38.8 Å². The average Bonchev–Trinajstić information content (AvgIpc) is 2.86. The van der Waals surface area contributed by atoms with Gasteiger partial charge in [0.15, 0.2) is 0 Å². The van der Waals surface area contributed by atoms with E-state index < -0.39 is 0 Å². The number of pyridine rings is 1. The van der Waals surface area contributed by atoms with Crippen LogP contribution in [0.1, 0.15) is 31.7 Å². The third-order valence-corrected chi connectivity index (χ3v) is 3.88. The number of hydrogen-bond acceptors (Lipinski definition) is 4. The SMILES string of the molecule is CCCNCc1cc(F)cnc1N1CCCC1CN(C)C. The number of rotatable bonds is 7. The summed E-state index contributed by atoms with van der Waals surface area (Å²) in [4.78, 5) is 8.95. The largest absolute Gasteiger partial charge is 0.352 e. The average molecular weight is 294 g/mol. The van der Waals surface area contributed by atoms with Gasteiger partial charge in [0, 0.05) is 31.2 Å². The predicted molar refractivity (Wildman–Crippen MR) is 85.1 cm³/mol. The first kappa shape index (κ1) is 16.2. The lowest BCUT2D eigenvalue weighted by atomic mass is 10.2. The third-order valence-electron chi connectivity index (χ3n) is 3.88. The van der Waals surface area contributed by atoms with Crippen molar-refractivity contribution in [1.29, 1.82) is 0 Å². The van der Waals surface area contributed by atoms with E-state index in [-0.39, 0.29) is 5.82 Å². The lowest BCUT2D eigenvalue weighted by Crippen LogP contribution is -2.38. The molecule has 1 saturated heterocycles. The Morgan fingerprint density at radius 3 is 3.00 bits per heavy atom. The number of nitrogens with one attached hydrogen (secondary N) is 1. The maximum atomic E-state index is 13.5. The molecule has 2 rings (SSSR count). The Morgan fingerprint density at radius 2 is 2.29 bits per heavy atom. The molecule has 1 aromatic rings. The van der Waals surface area contributed by atoms with Crippen LogP contribution in [0.5, 0.6) is 0 Å². The molecular formula is C16H27FN4. The Hall–Kier alpha value is -1.20. The van der Waals surface area contributed by atoms with E-state index in [9.17, 15) is 4.39 Å². The van der Waals surface area contributed by atoms with Crippen LogP contribution in [0, 0.1) is 5.82 Å². The second kappa shape index (κ2) is 7.71. The molecule has 1 atom stereocenters. The Kier molecular flexibility index (Phi) is 5.94. The van der Waals surface area contributed by atoms with E-state index in [1.54, 1.807) is 6.07 Å². The fourth-order valence-corrected chi connectivity index (χ4v) is 2.99. The summed E-state index contributed by atoms with van der Waals surface area (Å²) in [6, 6.07) is 2.10. The highest BCUT2D eigenvalue weighted by Gasteiger charge is 2.27. The van der Waals surface area contributed by atoms with Gasteiger partial charge < -0.3 is 15.1 Å².